The first-order valence-corrected chi connectivity index (χ1v) is 5.67. The van der Waals surface area contributed by atoms with E-state index in [-0.39, 0.29) is 5.91 Å². The summed E-state index contributed by atoms with van der Waals surface area (Å²) < 4.78 is 1.74. The number of anilines is 2. The van der Waals surface area contributed by atoms with Gasteiger partial charge < -0.3 is 11.1 Å². The molecular weight excluding hydrogens is 230 g/mol. The summed E-state index contributed by atoms with van der Waals surface area (Å²) in [6.07, 6.45) is 3.33. The van der Waals surface area contributed by atoms with Crippen LogP contribution in [0.1, 0.15) is 23.0 Å². The number of aromatic nitrogens is 3. The summed E-state index contributed by atoms with van der Waals surface area (Å²) in [4.78, 5) is 16.1. The molecule has 94 valence electrons. The molecule has 0 aliphatic rings. The van der Waals surface area contributed by atoms with Crippen LogP contribution in [-0.2, 0) is 6.54 Å². The van der Waals surface area contributed by atoms with Crippen molar-refractivity contribution in [3.8, 4) is 0 Å². The predicted molar refractivity (Wildman–Crippen MR) is 69.2 cm³/mol. The maximum absolute atomic E-state index is 12.0. The molecule has 6 nitrogen and oxygen atoms in total. The maximum atomic E-state index is 12.0. The largest absolute Gasteiger partial charge is 0.397 e. The fraction of sp³-hybridized carbons (Fsp3) is 0.250. The highest BCUT2D eigenvalue weighted by molar-refractivity contribution is 6.04. The zero-order valence-electron chi connectivity index (χ0n) is 10.3. The molecule has 0 fully saturated rings. The summed E-state index contributed by atoms with van der Waals surface area (Å²) in [6.45, 7) is 4.50. The molecule has 0 saturated heterocycles. The van der Waals surface area contributed by atoms with Crippen molar-refractivity contribution in [1.82, 2.24) is 14.8 Å². The summed E-state index contributed by atoms with van der Waals surface area (Å²) >= 11 is 0. The van der Waals surface area contributed by atoms with Crippen LogP contribution >= 0.6 is 0 Å². The highest BCUT2D eigenvalue weighted by atomic mass is 16.1. The molecule has 2 heterocycles. The molecule has 2 aromatic heterocycles. The molecule has 2 aromatic rings. The van der Waals surface area contributed by atoms with E-state index in [1.54, 1.807) is 29.9 Å². The average Bonchev–Trinajstić information content (AvgIpc) is 2.80. The molecule has 0 radical (unpaired) electrons. The van der Waals surface area contributed by atoms with Crippen molar-refractivity contribution in [3.05, 3.63) is 35.8 Å². The van der Waals surface area contributed by atoms with Gasteiger partial charge in [-0.25, -0.2) is 0 Å². The summed E-state index contributed by atoms with van der Waals surface area (Å²) in [7, 11) is 0. The van der Waals surface area contributed by atoms with E-state index < -0.39 is 0 Å². The van der Waals surface area contributed by atoms with Crippen LogP contribution in [0, 0.1) is 6.92 Å². The van der Waals surface area contributed by atoms with E-state index in [0.29, 0.717) is 22.8 Å². The van der Waals surface area contributed by atoms with Crippen molar-refractivity contribution >= 4 is 17.4 Å². The Kier molecular flexibility index (Phi) is 3.27. The normalized spacial score (nSPS) is 10.3. The summed E-state index contributed by atoms with van der Waals surface area (Å²) in [5.74, 6) is 0.261. The van der Waals surface area contributed by atoms with E-state index in [1.165, 1.54) is 6.20 Å². The third kappa shape index (κ3) is 2.48. The summed E-state index contributed by atoms with van der Waals surface area (Å²) in [5, 5.41) is 6.89. The first-order valence-electron chi connectivity index (χ1n) is 5.67. The number of pyridine rings is 1. The van der Waals surface area contributed by atoms with Gasteiger partial charge in [-0.15, -0.1) is 0 Å². The van der Waals surface area contributed by atoms with E-state index in [4.69, 9.17) is 5.73 Å². The molecule has 3 N–H and O–H groups in total. The van der Waals surface area contributed by atoms with Gasteiger partial charge in [-0.05, 0) is 19.9 Å². The molecule has 0 aliphatic heterocycles. The molecular formula is C12H15N5O. The van der Waals surface area contributed by atoms with E-state index >= 15 is 0 Å². The number of nitrogens with one attached hydrogen (secondary N) is 1. The van der Waals surface area contributed by atoms with Gasteiger partial charge in [0, 0.05) is 18.8 Å². The van der Waals surface area contributed by atoms with Crippen LogP contribution < -0.4 is 11.1 Å². The second-order valence-electron chi connectivity index (χ2n) is 3.91. The smallest absolute Gasteiger partial charge is 0.258 e. The fourth-order valence-corrected chi connectivity index (χ4v) is 1.57. The Balaban J connectivity index is 2.19. The predicted octanol–water partition coefficient (Wildman–Crippen LogP) is 1.44. The Morgan fingerprint density at radius 1 is 1.56 bits per heavy atom. The number of hydrogen-bond acceptors (Lipinski definition) is 4. The number of nitrogen functional groups attached to an aromatic ring is 1. The number of nitrogens with two attached hydrogens (primary N) is 1. The van der Waals surface area contributed by atoms with Gasteiger partial charge >= 0.3 is 0 Å². The lowest BCUT2D eigenvalue weighted by Gasteiger charge is -2.05. The number of amides is 1. The average molecular weight is 245 g/mol. The number of nitrogens with zero attached hydrogens (tertiary/aromatic N) is 3. The van der Waals surface area contributed by atoms with Crippen LogP contribution in [-0.4, -0.2) is 20.7 Å². The standard InChI is InChI=1S/C12H15N5O/c1-3-17-5-4-11(16-17)15-12(18)10-6-9(13)7-14-8(10)2/h4-7H,3,13H2,1-2H3,(H,15,16,18). The van der Waals surface area contributed by atoms with Crippen molar-refractivity contribution in [2.24, 2.45) is 0 Å². The Morgan fingerprint density at radius 3 is 3.00 bits per heavy atom. The van der Waals surface area contributed by atoms with Crippen molar-refractivity contribution in [2.75, 3.05) is 11.1 Å². The number of aryl methyl sites for hydroxylation is 2. The summed E-state index contributed by atoms with van der Waals surface area (Å²) in [5.41, 5.74) is 7.18. The van der Waals surface area contributed by atoms with E-state index in [1.807, 2.05) is 6.92 Å². The molecule has 0 aliphatic carbocycles. The van der Waals surface area contributed by atoms with Gasteiger partial charge in [-0.1, -0.05) is 0 Å². The Hall–Kier alpha value is -2.37. The Labute approximate surface area is 105 Å². The van der Waals surface area contributed by atoms with Gasteiger partial charge in [0.25, 0.3) is 5.91 Å². The van der Waals surface area contributed by atoms with Crippen LogP contribution in [0.3, 0.4) is 0 Å². The fourth-order valence-electron chi connectivity index (χ4n) is 1.57. The first kappa shape index (κ1) is 12.1. The number of carbonyl (C=O) groups is 1. The van der Waals surface area contributed by atoms with E-state index in [9.17, 15) is 4.79 Å². The van der Waals surface area contributed by atoms with E-state index in [2.05, 4.69) is 15.4 Å². The zero-order chi connectivity index (χ0) is 13.1. The van der Waals surface area contributed by atoms with Crippen molar-refractivity contribution < 1.29 is 4.79 Å². The van der Waals surface area contributed by atoms with Crippen molar-refractivity contribution in [1.29, 1.82) is 0 Å². The first-order chi connectivity index (χ1) is 8.60. The minimum Gasteiger partial charge on any atom is -0.397 e. The molecule has 0 spiro atoms. The number of hydrogen-bond donors (Lipinski definition) is 2. The monoisotopic (exact) mass is 245 g/mol. The highest BCUT2D eigenvalue weighted by Gasteiger charge is 2.11. The molecule has 0 aromatic carbocycles. The minimum absolute atomic E-state index is 0.256. The van der Waals surface area contributed by atoms with Crippen molar-refractivity contribution in [2.45, 2.75) is 20.4 Å². The van der Waals surface area contributed by atoms with Gasteiger partial charge in [0.2, 0.25) is 0 Å². The van der Waals surface area contributed by atoms with Gasteiger partial charge in [0.15, 0.2) is 5.82 Å². The van der Waals surface area contributed by atoms with Gasteiger partial charge in [-0.2, -0.15) is 5.10 Å². The molecule has 0 atom stereocenters. The maximum Gasteiger partial charge on any atom is 0.258 e. The SMILES string of the molecule is CCn1ccc(NC(=O)c2cc(N)cnc2C)n1. The van der Waals surface area contributed by atoms with Crippen LogP contribution in [0.2, 0.25) is 0 Å². The quantitative estimate of drug-likeness (QED) is 0.856. The van der Waals surface area contributed by atoms with Gasteiger partial charge in [0.05, 0.1) is 23.1 Å². The number of rotatable bonds is 3. The van der Waals surface area contributed by atoms with Gasteiger partial charge in [0.1, 0.15) is 0 Å². The van der Waals surface area contributed by atoms with Crippen LogP contribution in [0.25, 0.3) is 0 Å². The van der Waals surface area contributed by atoms with Crippen LogP contribution in [0.15, 0.2) is 24.5 Å². The molecule has 2 rings (SSSR count). The third-order valence-electron chi connectivity index (χ3n) is 2.56. The zero-order valence-corrected chi connectivity index (χ0v) is 10.3. The minimum atomic E-state index is -0.256. The molecule has 6 heteroatoms. The van der Waals surface area contributed by atoms with Crippen LogP contribution in [0.4, 0.5) is 11.5 Å². The lowest BCUT2D eigenvalue weighted by molar-refractivity contribution is 0.102. The Morgan fingerprint density at radius 2 is 2.33 bits per heavy atom. The van der Waals surface area contributed by atoms with Crippen molar-refractivity contribution in [3.63, 3.8) is 0 Å². The van der Waals surface area contributed by atoms with Crippen LogP contribution in [0.5, 0.6) is 0 Å². The lowest BCUT2D eigenvalue weighted by atomic mass is 10.2. The Bertz CT molecular complexity index is 576. The molecule has 0 saturated carbocycles. The molecule has 0 bridgehead atoms. The molecule has 0 unspecified atom stereocenters. The highest BCUT2D eigenvalue weighted by Crippen LogP contribution is 2.12. The molecule has 18 heavy (non-hydrogen) atoms. The second-order valence-corrected chi connectivity index (χ2v) is 3.91. The second kappa shape index (κ2) is 4.87. The third-order valence-corrected chi connectivity index (χ3v) is 2.56. The van der Waals surface area contributed by atoms with E-state index in [0.717, 1.165) is 6.54 Å². The topological polar surface area (TPSA) is 85.8 Å². The lowest BCUT2D eigenvalue weighted by Crippen LogP contribution is -2.15. The summed E-state index contributed by atoms with van der Waals surface area (Å²) in [6, 6.07) is 3.35. The number of carbonyl (C=O) groups excluding carboxylic acids is 1. The van der Waals surface area contributed by atoms with Gasteiger partial charge in [-0.3, -0.25) is 14.5 Å². The molecule has 1 amide bonds.